The molecule has 23 heavy (non-hydrogen) atoms. The van der Waals surface area contributed by atoms with E-state index in [0.29, 0.717) is 18.7 Å². The summed E-state index contributed by atoms with van der Waals surface area (Å²) < 4.78 is 5.62. The number of ether oxygens (including phenoxy) is 1. The molecule has 0 aliphatic heterocycles. The maximum atomic E-state index is 12.6. The van der Waals surface area contributed by atoms with Gasteiger partial charge >= 0.3 is 0 Å². The molecule has 5 N–H and O–H groups in total. The van der Waals surface area contributed by atoms with Crippen molar-refractivity contribution < 1.29 is 14.3 Å². The Balaban J connectivity index is 2.17. The highest BCUT2D eigenvalue weighted by Gasteiger charge is 2.62. The molecule has 2 rings (SSSR count). The lowest BCUT2D eigenvalue weighted by Gasteiger charge is -2.57. The van der Waals surface area contributed by atoms with Gasteiger partial charge in [-0.3, -0.25) is 9.59 Å². The molecule has 2 atom stereocenters. The number of halogens is 1. The van der Waals surface area contributed by atoms with E-state index in [2.05, 4.69) is 5.32 Å². The van der Waals surface area contributed by atoms with Crippen molar-refractivity contribution in [1.82, 2.24) is 0 Å². The van der Waals surface area contributed by atoms with Gasteiger partial charge in [-0.25, -0.2) is 0 Å². The molecular formula is C16H22ClN3O3. The lowest BCUT2D eigenvalue weighted by Crippen LogP contribution is -2.74. The first-order chi connectivity index (χ1) is 10.6. The van der Waals surface area contributed by atoms with E-state index in [1.54, 1.807) is 6.07 Å². The van der Waals surface area contributed by atoms with Gasteiger partial charge in [-0.1, -0.05) is 25.4 Å². The second kappa shape index (κ2) is 6.11. The highest BCUT2D eigenvalue weighted by atomic mass is 35.5. The molecule has 0 bridgehead atoms. The summed E-state index contributed by atoms with van der Waals surface area (Å²) in [7, 11) is 0. The fourth-order valence-electron chi connectivity index (χ4n) is 2.86. The van der Waals surface area contributed by atoms with Crippen molar-refractivity contribution in [1.29, 1.82) is 0 Å². The molecule has 1 saturated carbocycles. The van der Waals surface area contributed by atoms with Crippen LogP contribution in [0.3, 0.4) is 0 Å². The Hall–Kier alpha value is -1.63. The normalized spacial score (nSPS) is 25.5. The van der Waals surface area contributed by atoms with Crippen molar-refractivity contribution in [2.75, 3.05) is 11.9 Å². The predicted molar refractivity (Wildman–Crippen MR) is 89.3 cm³/mol. The third kappa shape index (κ3) is 2.94. The van der Waals surface area contributed by atoms with Gasteiger partial charge in [0, 0.05) is 24.1 Å². The zero-order valence-corrected chi connectivity index (χ0v) is 14.2. The molecule has 0 spiro atoms. The number of nitrogens with two attached hydrogens (primary N) is 2. The van der Waals surface area contributed by atoms with Gasteiger partial charge in [0.2, 0.25) is 11.8 Å². The summed E-state index contributed by atoms with van der Waals surface area (Å²) in [5.41, 5.74) is 10.6. The summed E-state index contributed by atoms with van der Waals surface area (Å²) in [5.74, 6) is -0.981. The number of rotatable bonds is 5. The van der Waals surface area contributed by atoms with Crippen LogP contribution in [0.15, 0.2) is 18.2 Å². The van der Waals surface area contributed by atoms with Crippen LogP contribution in [0.2, 0.25) is 5.02 Å². The van der Waals surface area contributed by atoms with Gasteiger partial charge in [-0.05, 0) is 25.1 Å². The zero-order chi connectivity index (χ0) is 17.4. The highest BCUT2D eigenvalue weighted by molar-refractivity contribution is 6.34. The Morgan fingerprint density at radius 1 is 1.43 bits per heavy atom. The molecule has 1 aromatic rings. The first-order valence-electron chi connectivity index (χ1n) is 7.44. The molecule has 2 unspecified atom stereocenters. The van der Waals surface area contributed by atoms with E-state index in [4.69, 9.17) is 27.8 Å². The number of anilines is 1. The summed E-state index contributed by atoms with van der Waals surface area (Å²) >= 11 is 5.90. The predicted octanol–water partition coefficient (Wildman–Crippen LogP) is 1.91. The lowest BCUT2D eigenvalue weighted by molar-refractivity contribution is -0.166. The monoisotopic (exact) mass is 339 g/mol. The summed E-state index contributed by atoms with van der Waals surface area (Å²) in [6.07, 6.45) is 0.380. The van der Waals surface area contributed by atoms with Crippen LogP contribution in [0.25, 0.3) is 0 Å². The topological polar surface area (TPSA) is 107 Å². The van der Waals surface area contributed by atoms with E-state index in [1.165, 1.54) is 12.1 Å². The maximum Gasteiger partial charge on any atom is 0.250 e. The average molecular weight is 340 g/mol. The van der Waals surface area contributed by atoms with Crippen LogP contribution in [-0.4, -0.2) is 30.1 Å². The summed E-state index contributed by atoms with van der Waals surface area (Å²) in [5, 5.41) is 2.97. The van der Waals surface area contributed by atoms with E-state index >= 15 is 0 Å². The number of carbonyl (C=O) groups is 2. The van der Waals surface area contributed by atoms with Crippen molar-refractivity contribution >= 4 is 29.1 Å². The third-order valence-electron chi connectivity index (χ3n) is 4.72. The Morgan fingerprint density at radius 3 is 2.61 bits per heavy atom. The SMILES string of the molecule is CCOC1CC(N)(C(=O)Nc2ccc(Cl)c(C(N)=O)c2)C1(C)C. The Morgan fingerprint density at radius 2 is 2.09 bits per heavy atom. The third-order valence-corrected chi connectivity index (χ3v) is 5.05. The molecule has 0 aromatic heterocycles. The van der Waals surface area contributed by atoms with Crippen LogP contribution in [0, 0.1) is 5.41 Å². The molecule has 126 valence electrons. The van der Waals surface area contributed by atoms with Crippen molar-refractivity contribution in [3.05, 3.63) is 28.8 Å². The van der Waals surface area contributed by atoms with E-state index in [1.807, 2.05) is 20.8 Å². The zero-order valence-electron chi connectivity index (χ0n) is 13.5. The molecule has 1 fully saturated rings. The molecule has 2 amide bonds. The summed E-state index contributed by atoms with van der Waals surface area (Å²) in [4.78, 5) is 23.9. The molecule has 6 nitrogen and oxygen atoms in total. The van der Waals surface area contributed by atoms with Gasteiger partial charge in [0.05, 0.1) is 16.7 Å². The van der Waals surface area contributed by atoms with Crippen LogP contribution in [-0.2, 0) is 9.53 Å². The van der Waals surface area contributed by atoms with E-state index in [-0.39, 0.29) is 22.6 Å². The van der Waals surface area contributed by atoms with Gasteiger partial charge in [0.15, 0.2) is 0 Å². The minimum absolute atomic E-state index is 0.0605. The van der Waals surface area contributed by atoms with E-state index < -0.39 is 16.9 Å². The molecule has 1 aliphatic carbocycles. The Labute approximate surface area is 140 Å². The van der Waals surface area contributed by atoms with Gasteiger partial charge < -0.3 is 21.5 Å². The number of nitrogens with one attached hydrogen (secondary N) is 1. The van der Waals surface area contributed by atoms with Gasteiger partial charge in [-0.15, -0.1) is 0 Å². The minimum Gasteiger partial charge on any atom is -0.378 e. The second-order valence-electron chi connectivity index (χ2n) is 6.35. The summed E-state index contributed by atoms with van der Waals surface area (Å²) in [6.45, 7) is 6.30. The fourth-order valence-corrected chi connectivity index (χ4v) is 3.07. The van der Waals surface area contributed by atoms with Crippen molar-refractivity contribution in [2.24, 2.45) is 16.9 Å². The molecule has 7 heteroatoms. The van der Waals surface area contributed by atoms with E-state index in [9.17, 15) is 9.59 Å². The maximum absolute atomic E-state index is 12.6. The van der Waals surface area contributed by atoms with Crippen LogP contribution in [0.5, 0.6) is 0 Å². The first-order valence-corrected chi connectivity index (χ1v) is 7.82. The average Bonchev–Trinajstić information content (AvgIpc) is 2.48. The fraction of sp³-hybridized carbons (Fsp3) is 0.500. The number of hydrogen-bond acceptors (Lipinski definition) is 4. The molecular weight excluding hydrogens is 318 g/mol. The molecule has 1 aromatic carbocycles. The number of primary amides is 1. The number of benzene rings is 1. The lowest BCUT2D eigenvalue weighted by atomic mass is 9.54. The molecule has 0 saturated heterocycles. The van der Waals surface area contributed by atoms with E-state index in [0.717, 1.165) is 0 Å². The number of carbonyl (C=O) groups excluding carboxylic acids is 2. The molecule has 1 aliphatic rings. The highest BCUT2D eigenvalue weighted by Crippen LogP contribution is 2.50. The van der Waals surface area contributed by atoms with Gasteiger partial charge in [0.1, 0.15) is 5.54 Å². The number of amides is 2. The van der Waals surface area contributed by atoms with Crippen molar-refractivity contribution in [2.45, 2.75) is 38.8 Å². The van der Waals surface area contributed by atoms with Crippen molar-refractivity contribution in [3.8, 4) is 0 Å². The molecule has 0 radical (unpaired) electrons. The Bertz CT molecular complexity index is 647. The minimum atomic E-state index is -1.04. The number of hydrogen-bond donors (Lipinski definition) is 3. The van der Waals surface area contributed by atoms with Crippen LogP contribution in [0.1, 0.15) is 37.6 Å². The van der Waals surface area contributed by atoms with Crippen molar-refractivity contribution in [3.63, 3.8) is 0 Å². The van der Waals surface area contributed by atoms with Crippen LogP contribution < -0.4 is 16.8 Å². The first kappa shape index (κ1) is 17.7. The van der Waals surface area contributed by atoms with Gasteiger partial charge in [0.25, 0.3) is 0 Å². The molecule has 0 heterocycles. The van der Waals surface area contributed by atoms with Crippen LogP contribution in [0.4, 0.5) is 5.69 Å². The largest absolute Gasteiger partial charge is 0.378 e. The standard InChI is InChI=1S/C16H22ClN3O3/c1-4-23-12-8-16(19,15(12,2)3)14(22)20-9-5-6-11(17)10(7-9)13(18)21/h5-7,12H,4,8,19H2,1-3H3,(H2,18,21)(H,20,22). The second-order valence-corrected chi connectivity index (χ2v) is 6.76. The van der Waals surface area contributed by atoms with Gasteiger partial charge in [-0.2, -0.15) is 0 Å². The smallest absolute Gasteiger partial charge is 0.250 e. The summed E-state index contributed by atoms with van der Waals surface area (Å²) in [6, 6.07) is 4.55. The Kier molecular flexibility index (Phi) is 4.71. The van der Waals surface area contributed by atoms with Crippen LogP contribution >= 0.6 is 11.6 Å². The quantitative estimate of drug-likeness (QED) is 0.761.